The molecule has 3 heteroatoms. The van der Waals surface area contributed by atoms with Gasteiger partial charge in [-0.2, -0.15) is 0 Å². The van der Waals surface area contributed by atoms with Crippen LogP contribution < -0.4 is 10.6 Å². The van der Waals surface area contributed by atoms with E-state index in [2.05, 4.69) is 6.07 Å². The van der Waals surface area contributed by atoms with Crippen molar-refractivity contribution in [3.05, 3.63) is 29.8 Å². The molecule has 1 heterocycles. The molecule has 1 aliphatic heterocycles. The highest BCUT2D eigenvalue weighted by molar-refractivity contribution is 6.00. The van der Waals surface area contributed by atoms with Gasteiger partial charge < -0.3 is 10.6 Å². The Hall–Kier alpha value is -1.35. The topological polar surface area (TPSA) is 46.3 Å². The third-order valence-corrected chi connectivity index (χ3v) is 3.16. The Balaban J connectivity index is 2.38. The predicted octanol–water partition coefficient (Wildman–Crippen LogP) is 2.09. The van der Waals surface area contributed by atoms with E-state index in [0.29, 0.717) is 0 Å². The number of hydrogen-bond donors (Lipinski definition) is 1. The summed E-state index contributed by atoms with van der Waals surface area (Å²) >= 11 is 0. The maximum Gasteiger partial charge on any atom is 0.246 e. The Bertz CT molecular complexity index is 420. The van der Waals surface area contributed by atoms with E-state index in [1.54, 1.807) is 13.8 Å². The number of fused-ring (bicyclic) bond motifs is 1. The molecule has 1 aromatic carbocycles. The van der Waals surface area contributed by atoms with Gasteiger partial charge in [-0.3, -0.25) is 4.79 Å². The molecule has 1 aliphatic rings. The molecule has 0 aromatic heterocycles. The number of hydrogen-bond acceptors (Lipinski definition) is 2. The van der Waals surface area contributed by atoms with Crippen LogP contribution in [0.1, 0.15) is 32.3 Å². The fourth-order valence-electron chi connectivity index (χ4n) is 2.25. The van der Waals surface area contributed by atoms with Gasteiger partial charge in [-0.15, -0.1) is 0 Å². The summed E-state index contributed by atoms with van der Waals surface area (Å²) in [5.74, 6) is 0.00634. The van der Waals surface area contributed by atoms with Crippen LogP contribution in [0.5, 0.6) is 0 Å². The molecule has 2 N–H and O–H groups in total. The van der Waals surface area contributed by atoms with Crippen LogP contribution in [0.25, 0.3) is 0 Å². The highest BCUT2D eigenvalue weighted by Crippen LogP contribution is 2.27. The van der Waals surface area contributed by atoms with E-state index in [9.17, 15) is 4.79 Å². The Morgan fingerprint density at radius 2 is 2.00 bits per heavy atom. The molecule has 2 rings (SSSR count). The zero-order valence-electron chi connectivity index (χ0n) is 10.6. The summed E-state index contributed by atoms with van der Waals surface area (Å²) in [6.45, 7) is 4.31. The van der Waals surface area contributed by atoms with Gasteiger partial charge in [0.15, 0.2) is 0 Å². The van der Waals surface area contributed by atoms with Gasteiger partial charge in [0.1, 0.15) is 0 Å². The summed E-state index contributed by atoms with van der Waals surface area (Å²) < 4.78 is 0. The van der Waals surface area contributed by atoms with Gasteiger partial charge in [0, 0.05) is 12.2 Å². The molecule has 0 unspecified atom stereocenters. The quantitative estimate of drug-likeness (QED) is 0.806. The molecule has 0 radical (unpaired) electrons. The first-order chi connectivity index (χ1) is 8.00. The maximum absolute atomic E-state index is 12.3. The number of carbonyl (C=O) groups excluding carboxylic acids is 1. The van der Waals surface area contributed by atoms with Crippen molar-refractivity contribution in [2.75, 3.05) is 11.4 Å². The van der Waals surface area contributed by atoms with Crippen LogP contribution >= 0.6 is 0 Å². The fourth-order valence-corrected chi connectivity index (χ4v) is 2.25. The third-order valence-electron chi connectivity index (χ3n) is 3.16. The molecule has 92 valence electrons. The molecule has 1 aromatic rings. The monoisotopic (exact) mass is 232 g/mol. The fraction of sp³-hybridized carbons (Fsp3) is 0.500. The van der Waals surface area contributed by atoms with Crippen LogP contribution in [0.3, 0.4) is 0 Å². The lowest BCUT2D eigenvalue weighted by atomic mass is 10.0. The van der Waals surface area contributed by atoms with Crippen LogP contribution in [-0.4, -0.2) is 18.0 Å². The molecule has 0 saturated heterocycles. The number of rotatable bonds is 1. The average molecular weight is 232 g/mol. The first kappa shape index (κ1) is 12.1. The van der Waals surface area contributed by atoms with Crippen LogP contribution in [0.15, 0.2) is 24.3 Å². The molecule has 1 amide bonds. The molecule has 0 bridgehead atoms. The smallest absolute Gasteiger partial charge is 0.246 e. The maximum atomic E-state index is 12.3. The number of nitrogens with zero attached hydrogens (tertiary/aromatic N) is 1. The number of anilines is 1. The summed E-state index contributed by atoms with van der Waals surface area (Å²) in [6, 6.07) is 8.13. The second-order valence-corrected chi connectivity index (χ2v) is 5.26. The Kier molecular flexibility index (Phi) is 3.20. The van der Waals surface area contributed by atoms with Gasteiger partial charge in [0.2, 0.25) is 5.91 Å². The number of benzene rings is 1. The lowest BCUT2D eigenvalue weighted by Crippen LogP contribution is -2.51. The molecular formula is C14H20N2O. The Morgan fingerprint density at radius 1 is 1.29 bits per heavy atom. The van der Waals surface area contributed by atoms with Crippen LogP contribution in [0.2, 0.25) is 0 Å². The van der Waals surface area contributed by atoms with Crippen LogP contribution in [0, 0.1) is 0 Å². The second-order valence-electron chi connectivity index (χ2n) is 5.26. The summed E-state index contributed by atoms with van der Waals surface area (Å²) in [7, 11) is 0. The van der Waals surface area contributed by atoms with Crippen molar-refractivity contribution in [1.82, 2.24) is 0 Å². The van der Waals surface area contributed by atoms with Gasteiger partial charge in [-0.25, -0.2) is 0 Å². The molecule has 3 nitrogen and oxygen atoms in total. The van der Waals surface area contributed by atoms with E-state index in [-0.39, 0.29) is 5.91 Å². The average Bonchev–Trinajstić information content (AvgIpc) is 2.48. The minimum Gasteiger partial charge on any atom is -0.318 e. The number of carbonyl (C=O) groups is 1. The van der Waals surface area contributed by atoms with Crippen LogP contribution in [-0.2, 0) is 11.2 Å². The largest absolute Gasteiger partial charge is 0.318 e. The minimum atomic E-state index is -0.808. The van der Waals surface area contributed by atoms with Gasteiger partial charge >= 0.3 is 0 Å². The van der Waals surface area contributed by atoms with Gasteiger partial charge in [-0.05, 0) is 44.7 Å². The summed E-state index contributed by atoms with van der Waals surface area (Å²) in [5, 5.41) is 0. The third kappa shape index (κ3) is 2.50. The summed E-state index contributed by atoms with van der Waals surface area (Å²) in [6.07, 6.45) is 3.22. The normalized spacial score (nSPS) is 16.3. The number of nitrogens with two attached hydrogens (primary N) is 1. The van der Waals surface area contributed by atoms with Crippen molar-refractivity contribution in [3.8, 4) is 0 Å². The molecule has 0 fully saturated rings. The second kappa shape index (κ2) is 4.49. The molecule has 0 saturated carbocycles. The van der Waals surface area contributed by atoms with Crippen LogP contribution in [0.4, 0.5) is 5.69 Å². The first-order valence-corrected chi connectivity index (χ1v) is 6.19. The SMILES string of the molecule is CC(C)(N)C(=O)N1CCCCc2ccccc21. The van der Waals surface area contributed by atoms with E-state index in [1.165, 1.54) is 5.56 Å². The van der Waals surface area contributed by atoms with E-state index >= 15 is 0 Å². The Morgan fingerprint density at radius 3 is 2.71 bits per heavy atom. The number of amides is 1. The van der Waals surface area contributed by atoms with E-state index in [1.807, 2.05) is 23.1 Å². The molecule has 0 spiro atoms. The van der Waals surface area contributed by atoms with E-state index in [4.69, 9.17) is 5.73 Å². The van der Waals surface area contributed by atoms with E-state index in [0.717, 1.165) is 31.5 Å². The van der Waals surface area contributed by atoms with Crippen molar-refractivity contribution in [1.29, 1.82) is 0 Å². The summed E-state index contributed by atoms with van der Waals surface area (Å²) in [5.41, 5.74) is 7.41. The van der Waals surface area contributed by atoms with Crippen molar-refractivity contribution in [2.24, 2.45) is 5.73 Å². The number of para-hydroxylation sites is 1. The molecule has 17 heavy (non-hydrogen) atoms. The van der Waals surface area contributed by atoms with Crippen molar-refractivity contribution in [2.45, 2.75) is 38.6 Å². The predicted molar refractivity (Wildman–Crippen MR) is 70.0 cm³/mol. The van der Waals surface area contributed by atoms with E-state index < -0.39 is 5.54 Å². The zero-order chi connectivity index (χ0) is 12.5. The van der Waals surface area contributed by atoms with Crippen molar-refractivity contribution < 1.29 is 4.79 Å². The lowest BCUT2D eigenvalue weighted by molar-refractivity contribution is -0.122. The summed E-state index contributed by atoms with van der Waals surface area (Å²) in [4.78, 5) is 14.2. The van der Waals surface area contributed by atoms with Crippen molar-refractivity contribution >= 4 is 11.6 Å². The molecule has 0 atom stereocenters. The highest BCUT2D eigenvalue weighted by Gasteiger charge is 2.30. The van der Waals surface area contributed by atoms with Gasteiger partial charge in [0.05, 0.1) is 5.54 Å². The minimum absolute atomic E-state index is 0.00634. The standard InChI is InChI=1S/C14H20N2O/c1-14(2,15)13(17)16-10-6-5-8-11-7-3-4-9-12(11)16/h3-4,7,9H,5-6,8,10,15H2,1-2H3. The first-order valence-electron chi connectivity index (χ1n) is 6.19. The van der Waals surface area contributed by atoms with Crippen molar-refractivity contribution in [3.63, 3.8) is 0 Å². The lowest BCUT2D eigenvalue weighted by Gasteiger charge is -2.29. The molecular weight excluding hydrogens is 212 g/mol. The zero-order valence-corrected chi connectivity index (χ0v) is 10.6. The molecule has 0 aliphatic carbocycles. The highest BCUT2D eigenvalue weighted by atomic mass is 16.2. The number of aryl methyl sites for hydroxylation is 1. The Labute approximate surface area is 103 Å². The van der Waals surface area contributed by atoms with Gasteiger partial charge in [-0.1, -0.05) is 18.2 Å². The van der Waals surface area contributed by atoms with Gasteiger partial charge in [0.25, 0.3) is 0 Å².